The summed E-state index contributed by atoms with van der Waals surface area (Å²) in [5.41, 5.74) is 0.815. The molecule has 0 atom stereocenters. The van der Waals surface area contributed by atoms with Crippen LogP contribution in [0.25, 0.3) is 11.5 Å². The van der Waals surface area contributed by atoms with Crippen LogP contribution in [0.4, 0.5) is 0 Å². The molecule has 1 aromatic carbocycles. The predicted molar refractivity (Wildman–Crippen MR) is 72.4 cm³/mol. The van der Waals surface area contributed by atoms with Crippen molar-refractivity contribution in [3.63, 3.8) is 0 Å². The van der Waals surface area contributed by atoms with Crippen molar-refractivity contribution in [3.8, 4) is 17.2 Å². The van der Waals surface area contributed by atoms with E-state index >= 15 is 0 Å². The van der Waals surface area contributed by atoms with Gasteiger partial charge in [-0.2, -0.15) is 0 Å². The molecule has 1 aliphatic heterocycles. The number of methoxy groups -OCH3 is 1. The first-order valence-electron chi connectivity index (χ1n) is 6.62. The summed E-state index contributed by atoms with van der Waals surface area (Å²) in [6.07, 6.45) is 0. The Labute approximate surface area is 117 Å². The van der Waals surface area contributed by atoms with Gasteiger partial charge in [-0.05, 0) is 12.1 Å². The van der Waals surface area contributed by atoms with Gasteiger partial charge < -0.3 is 13.9 Å². The van der Waals surface area contributed by atoms with Gasteiger partial charge in [0.1, 0.15) is 5.75 Å². The Bertz CT molecular complexity index is 564. The fourth-order valence-corrected chi connectivity index (χ4v) is 2.20. The van der Waals surface area contributed by atoms with E-state index in [1.54, 1.807) is 7.11 Å². The summed E-state index contributed by atoms with van der Waals surface area (Å²) in [6.45, 7) is 3.96. The molecule has 6 nitrogen and oxygen atoms in total. The minimum atomic E-state index is 0.491. The monoisotopic (exact) mass is 275 g/mol. The molecule has 2 heterocycles. The van der Waals surface area contributed by atoms with Gasteiger partial charge in [0, 0.05) is 13.1 Å². The number of morpholine rings is 1. The maximum Gasteiger partial charge on any atom is 0.251 e. The number of rotatable bonds is 4. The van der Waals surface area contributed by atoms with Gasteiger partial charge in [0.25, 0.3) is 5.89 Å². The molecule has 0 amide bonds. The van der Waals surface area contributed by atoms with Gasteiger partial charge in [-0.1, -0.05) is 12.1 Å². The van der Waals surface area contributed by atoms with E-state index in [2.05, 4.69) is 15.1 Å². The Morgan fingerprint density at radius 1 is 1.20 bits per heavy atom. The molecule has 0 radical (unpaired) electrons. The van der Waals surface area contributed by atoms with Crippen molar-refractivity contribution < 1.29 is 13.9 Å². The van der Waals surface area contributed by atoms with Crippen LogP contribution in [-0.4, -0.2) is 48.5 Å². The van der Waals surface area contributed by atoms with Crippen LogP contribution in [0.2, 0.25) is 0 Å². The predicted octanol–water partition coefficient (Wildman–Crippen LogP) is 1.58. The van der Waals surface area contributed by atoms with Gasteiger partial charge in [-0.3, -0.25) is 4.90 Å². The zero-order valence-corrected chi connectivity index (χ0v) is 11.4. The van der Waals surface area contributed by atoms with Crippen LogP contribution in [0, 0.1) is 0 Å². The summed E-state index contributed by atoms with van der Waals surface area (Å²) < 4.78 is 16.4. The summed E-state index contributed by atoms with van der Waals surface area (Å²) in [6, 6.07) is 7.61. The minimum Gasteiger partial charge on any atom is -0.496 e. The number of hydrogen-bond acceptors (Lipinski definition) is 6. The highest BCUT2D eigenvalue weighted by Gasteiger charge is 2.16. The molecule has 0 unspecified atom stereocenters. The molecule has 0 saturated carbocycles. The summed E-state index contributed by atoms with van der Waals surface area (Å²) in [4.78, 5) is 2.24. The fourth-order valence-electron chi connectivity index (χ4n) is 2.20. The molecule has 20 heavy (non-hydrogen) atoms. The summed E-state index contributed by atoms with van der Waals surface area (Å²) in [5, 5.41) is 8.21. The van der Waals surface area contributed by atoms with Gasteiger partial charge >= 0.3 is 0 Å². The third-order valence-corrected chi connectivity index (χ3v) is 3.27. The second-order valence-corrected chi connectivity index (χ2v) is 4.59. The van der Waals surface area contributed by atoms with E-state index in [4.69, 9.17) is 13.9 Å². The normalized spacial score (nSPS) is 16.2. The maximum absolute atomic E-state index is 5.73. The van der Waals surface area contributed by atoms with Crippen LogP contribution in [0.5, 0.6) is 5.75 Å². The van der Waals surface area contributed by atoms with Crippen molar-refractivity contribution in [1.82, 2.24) is 15.1 Å². The fraction of sp³-hybridized carbons (Fsp3) is 0.429. The van der Waals surface area contributed by atoms with Gasteiger partial charge in [0.2, 0.25) is 5.89 Å². The van der Waals surface area contributed by atoms with E-state index in [0.717, 1.165) is 37.6 Å². The second kappa shape index (κ2) is 6.02. The van der Waals surface area contributed by atoms with Crippen molar-refractivity contribution in [3.05, 3.63) is 30.2 Å². The van der Waals surface area contributed by atoms with Crippen molar-refractivity contribution in [1.29, 1.82) is 0 Å². The number of para-hydroxylation sites is 1. The average molecular weight is 275 g/mol. The molecule has 1 saturated heterocycles. The molecule has 0 N–H and O–H groups in total. The first-order valence-corrected chi connectivity index (χ1v) is 6.62. The number of ether oxygens (including phenoxy) is 2. The zero-order chi connectivity index (χ0) is 13.8. The molecular weight excluding hydrogens is 258 g/mol. The highest BCUT2D eigenvalue weighted by molar-refractivity contribution is 5.62. The molecule has 1 aliphatic rings. The summed E-state index contributed by atoms with van der Waals surface area (Å²) in [5.74, 6) is 1.84. The van der Waals surface area contributed by atoms with Crippen molar-refractivity contribution in [2.75, 3.05) is 33.4 Å². The first-order chi connectivity index (χ1) is 9.86. The number of benzene rings is 1. The highest BCUT2D eigenvalue weighted by atomic mass is 16.5. The lowest BCUT2D eigenvalue weighted by Crippen LogP contribution is -2.35. The number of nitrogens with zero attached hydrogens (tertiary/aromatic N) is 3. The Morgan fingerprint density at radius 2 is 2.00 bits per heavy atom. The van der Waals surface area contributed by atoms with Crippen molar-refractivity contribution in [2.45, 2.75) is 6.54 Å². The summed E-state index contributed by atoms with van der Waals surface area (Å²) >= 11 is 0. The minimum absolute atomic E-state index is 0.491. The van der Waals surface area contributed by atoms with Crippen molar-refractivity contribution in [2.24, 2.45) is 0 Å². The maximum atomic E-state index is 5.73. The van der Waals surface area contributed by atoms with Gasteiger partial charge in [0.05, 0.1) is 32.4 Å². The molecule has 0 bridgehead atoms. The average Bonchev–Trinajstić information content (AvgIpc) is 2.96. The molecule has 3 rings (SSSR count). The second-order valence-electron chi connectivity index (χ2n) is 4.59. The van der Waals surface area contributed by atoms with E-state index in [1.165, 1.54) is 0 Å². The molecule has 1 aromatic heterocycles. The van der Waals surface area contributed by atoms with Crippen LogP contribution in [0.15, 0.2) is 28.7 Å². The third-order valence-electron chi connectivity index (χ3n) is 3.27. The Balaban J connectivity index is 1.75. The van der Waals surface area contributed by atoms with Crippen molar-refractivity contribution >= 4 is 0 Å². The van der Waals surface area contributed by atoms with Gasteiger partial charge in [0.15, 0.2) is 0 Å². The van der Waals surface area contributed by atoms with E-state index < -0.39 is 0 Å². The molecule has 0 spiro atoms. The largest absolute Gasteiger partial charge is 0.496 e. The molecule has 1 fully saturated rings. The Morgan fingerprint density at radius 3 is 2.80 bits per heavy atom. The quantitative estimate of drug-likeness (QED) is 0.844. The van der Waals surface area contributed by atoms with E-state index in [0.29, 0.717) is 18.3 Å². The molecular formula is C14H17N3O3. The lowest BCUT2D eigenvalue weighted by Gasteiger charge is -2.24. The van der Waals surface area contributed by atoms with E-state index in [-0.39, 0.29) is 0 Å². The lowest BCUT2D eigenvalue weighted by atomic mass is 10.2. The molecule has 0 aliphatic carbocycles. The Hall–Kier alpha value is -1.92. The SMILES string of the molecule is COc1ccccc1-c1nnc(CN2CCOCC2)o1. The smallest absolute Gasteiger partial charge is 0.251 e. The standard InChI is InChI=1S/C14H17N3O3/c1-18-12-5-3-2-4-11(12)14-16-15-13(20-14)10-17-6-8-19-9-7-17/h2-5H,6-10H2,1H3. The number of hydrogen-bond donors (Lipinski definition) is 0. The van der Waals surface area contributed by atoms with E-state index in [9.17, 15) is 0 Å². The van der Waals surface area contributed by atoms with Crippen LogP contribution in [0.3, 0.4) is 0 Å². The van der Waals surface area contributed by atoms with E-state index in [1.807, 2.05) is 24.3 Å². The third kappa shape index (κ3) is 2.81. The summed E-state index contributed by atoms with van der Waals surface area (Å²) in [7, 11) is 1.63. The van der Waals surface area contributed by atoms with Crippen LogP contribution in [0.1, 0.15) is 5.89 Å². The first kappa shape index (κ1) is 13.1. The topological polar surface area (TPSA) is 60.6 Å². The number of aromatic nitrogens is 2. The van der Waals surface area contributed by atoms with Crippen LogP contribution < -0.4 is 4.74 Å². The lowest BCUT2D eigenvalue weighted by molar-refractivity contribution is 0.0306. The van der Waals surface area contributed by atoms with Gasteiger partial charge in [-0.25, -0.2) is 0 Å². The van der Waals surface area contributed by atoms with Gasteiger partial charge in [-0.15, -0.1) is 10.2 Å². The highest BCUT2D eigenvalue weighted by Crippen LogP contribution is 2.28. The molecule has 106 valence electrons. The zero-order valence-electron chi connectivity index (χ0n) is 11.4. The van der Waals surface area contributed by atoms with Crippen LogP contribution in [-0.2, 0) is 11.3 Å². The molecule has 6 heteroatoms. The van der Waals surface area contributed by atoms with Crippen LogP contribution >= 0.6 is 0 Å². The Kier molecular flexibility index (Phi) is 3.94. The molecule has 2 aromatic rings.